The van der Waals surface area contributed by atoms with Gasteiger partial charge in [-0.3, -0.25) is 4.68 Å². The molecule has 0 aliphatic carbocycles. The number of nitrogens with one attached hydrogen (secondary N) is 1. The third-order valence-corrected chi connectivity index (χ3v) is 2.55. The van der Waals surface area contributed by atoms with Gasteiger partial charge in [-0.25, -0.2) is 0 Å². The van der Waals surface area contributed by atoms with Crippen LogP contribution in [0.5, 0.6) is 0 Å². The summed E-state index contributed by atoms with van der Waals surface area (Å²) in [6.45, 7) is 3.03. The van der Waals surface area contributed by atoms with Crippen molar-refractivity contribution in [2.24, 2.45) is 0 Å². The molecule has 5 heteroatoms. The second-order valence-electron chi connectivity index (χ2n) is 3.59. The molecule has 16 heavy (non-hydrogen) atoms. The largest absolute Gasteiger partial charge is 0.354 e. The van der Waals surface area contributed by atoms with E-state index in [2.05, 4.69) is 17.3 Å². The van der Waals surface area contributed by atoms with Crippen LogP contribution >= 0.6 is 0 Å². The lowest BCUT2D eigenvalue weighted by Gasteiger charge is -2.25. The Hall–Kier alpha value is -0.910. The molecule has 0 spiro atoms. The third-order valence-electron chi connectivity index (χ3n) is 2.55. The van der Waals surface area contributed by atoms with E-state index in [1.807, 2.05) is 17.8 Å². The van der Waals surface area contributed by atoms with Crippen molar-refractivity contribution < 1.29 is 9.47 Å². The number of ether oxygens (including phenoxy) is 2. The molecule has 0 saturated heterocycles. The van der Waals surface area contributed by atoms with Crippen molar-refractivity contribution in [3.63, 3.8) is 0 Å². The van der Waals surface area contributed by atoms with E-state index in [4.69, 9.17) is 9.47 Å². The molecule has 1 aromatic rings. The normalized spacial score (nSPS) is 13.3. The molecule has 1 heterocycles. The zero-order valence-corrected chi connectivity index (χ0v) is 10.4. The van der Waals surface area contributed by atoms with E-state index >= 15 is 0 Å². The summed E-state index contributed by atoms with van der Waals surface area (Å²) in [5.41, 5.74) is 1.08. The first kappa shape index (κ1) is 13.2. The van der Waals surface area contributed by atoms with Gasteiger partial charge in [-0.05, 0) is 19.5 Å². The van der Waals surface area contributed by atoms with Crippen molar-refractivity contribution in [3.05, 3.63) is 18.0 Å². The van der Waals surface area contributed by atoms with E-state index in [-0.39, 0.29) is 12.3 Å². The summed E-state index contributed by atoms with van der Waals surface area (Å²) in [7, 11) is 5.16. The fourth-order valence-electron chi connectivity index (χ4n) is 1.80. The van der Waals surface area contributed by atoms with Gasteiger partial charge in [-0.15, -0.1) is 0 Å². The van der Waals surface area contributed by atoms with Gasteiger partial charge in [0.05, 0.1) is 5.69 Å². The van der Waals surface area contributed by atoms with Crippen LogP contribution in [-0.4, -0.2) is 37.3 Å². The van der Waals surface area contributed by atoms with Crippen molar-refractivity contribution >= 4 is 0 Å². The summed E-state index contributed by atoms with van der Waals surface area (Å²) in [6, 6.07) is 1.98. The maximum absolute atomic E-state index is 5.28. The molecule has 1 atom stereocenters. The Morgan fingerprint density at radius 1 is 1.44 bits per heavy atom. The van der Waals surface area contributed by atoms with Gasteiger partial charge in [-0.2, -0.15) is 5.10 Å². The lowest BCUT2D eigenvalue weighted by molar-refractivity contribution is -0.124. The second kappa shape index (κ2) is 6.62. The molecule has 0 bridgehead atoms. The lowest BCUT2D eigenvalue weighted by atomic mass is 10.2. The Kier molecular flexibility index (Phi) is 5.45. The van der Waals surface area contributed by atoms with Gasteiger partial charge in [0.25, 0.3) is 0 Å². The first-order valence-electron chi connectivity index (χ1n) is 5.53. The maximum atomic E-state index is 5.28. The number of aryl methyl sites for hydroxylation is 1. The van der Waals surface area contributed by atoms with Crippen LogP contribution in [0.4, 0.5) is 0 Å². The number of aromatic nitrogens is 2. The molecule has 0 saturated carbocycles. The monoisotopic (exact) mass is 227 g/mol. The molecule has 0 amide bonds. The highest BCUT2D eigenvalue weighted by molar-refractivity contribution is 5.08. The number of likely N-dealkylation sites (N-methyl/N-ethyl adjacent to an activating group) is 1. The van der Waals surface area contributed by atoms with Crippen LogP contribution in [0.25, 0.3) is 0 Å². The van der Waals surface area contributed by atoms with E-state index in [1.165, 1.54) is 0 Å². The summed E-state index contributed by atoms with van der Waals surface area (Å²) in [6.07, 6.45) is 2.55. The third kappa shape index (κ3) is 2.81. The zero-order chi connectivity index (χ0) is 12.0. The lowest BCUT2D eigenvalue weighted by Crippen LogP contribution is -2.34. The van der Waals surface area contributed by atoms with Crippen LogP contribution in [0.15, 0.2) is 12.3 Å². The number of rotatable bonds is 7. The van der Waals surface area contributed by atoms with Crippen LogP contribution in [0.2, 0.25) is 0 Å². The molecular weight excluding hydrogens is 206 g/mol. The first-order valence-corrected chi connectivity index (χ1v) is 5.53. The average molecular weight is 227 g/mol. The van der Waals surface area contributed by atoms with Gasteiger partial charge in [0, 0.05) is 27.0 Å². The van der Waals surface area contributed by atoms with Gasteiger partial charge >= 0.3 is 0 Å². The predicted octanol–water partition coefficient (Wildman–Crippen LogP) is 1.17. The Balaban J connectivity index is 2.88. The number of nitrogens with zero attached hydrogens (tertiary/aromatic N) is 2. The highest BCUT2D eigenvalue weighted by Gasteiger charge is 2.24. The molecule has 0 fully saturated rings. The van der Waals surface area contributed by atoms with E-state index in [0.29, 0.717) is 0 Å². The van der Waals surface area contributed by atoms with Gasteiger partial charge in [-0.1, -0.05) is 6.92 Å². The highest BCUT2D eigenvalue weighted by atomic mass is 16.7. The number of hydrogen-bond acceptors (Lipinski definition) is 4. The van der Waals surface area contributed by atoms with Gasteiger partial charge in [0.1, 0.15) is 6.04 Å². The summed E-state index contributed by atoms with van der Waals surface area (Å²) < 4.78 is 12.5. The van der Waals surface area contributed by atoms with Crippen molar-refractivity contribution in [2.45, 2.75) is 32.2 Å². The summed E-state index contributed by atoms with van der Waals surface area (Å²) in [4.78, 5) is 0. The molecule has 1 N–H and O–H groups in total. The fraction of sp³-hybridized carbons (Fsp3) is 0.727. The van der Waals surface area contributed by atoms with Crippen LogP contribution in [0, 0.1) is 0 Å². The summed E-state index contributed by atoms with van der Waals surface area (Å²) >= 11 is 0. The Morgan fingerprint density at radius 2 is 2.12 bits per heavy atom. The van der Waals surface area contributed by atoms with Crippen molar-refractivity contribution in [3.8, 4) is 0 Å². The molecule has 1 rings (SSSR count). The zero-order valence-electron chi connectivity index (χ0n) is 10.4. The minimum atomic E-state index is -0.308. The van der Waals surface area contributed by atoms with Crippen LogP contribution in [0.1, 0.15) is 25.1 Å². The van der Waals surface area contributed by atoms with Crippen LogP contribution in [0.3, 0.4) is 0 Å². The number of methoxy groups -OCH3 is 2. The van der Waals surface area contributed by atoms with Crippen molar-refractivity contribution in [1.29, 1.82) is 0 Å². The number of hydrogen-bond donors (Lipinski definition) is 1. The molecule has 0 radical (unpaired) electrons. The van der Waals surface area contributed by atoms with Gasteiger partial charge in [0.15, 0.2) is 6.29 Å². The van der Waals surface area contributed by atoms with Crippen molar-refractivity contribution in [1.82, 2.24) is 15.1 Å². The Bertz CT molecular complexity index is 297. The quantitative estimate of drug-likeness (QED) is 0.710. The molecule has 92 valence electrons. The molecule has 5 nitrogen and oxygen atoms in total. The van der Waals surface area contributed by atoms with Crippen molar-refractivity contribution in [2.75, 3.05) is 21.3 Å². The smallest absolute Gasteiger partial charge is 0.177 e. The average Bonchev–Trinajstić information content (AvgIpc) is 2.74. The second-order valence-corrected chi connectivity index (χ2v) is 3.59. The van der Waals surface area contributed by atoms with E-state index < -0.39 is 0 Å². The molecule has 0 aromatic carbocycles. The standard InChI is InChI=1S/C11H21N3O2/c1-5-8-14-9(6-7-13-14)10(12-2)11(15-3)16-4/h6-7,10-12H,5,8H2,1-4H3. The minimum Gasteiger partial charge on any atom is -0.354 e. The Labute approximate surface area is 96.7 Å². The molecule has 1 aromatic heterocycles. The first-order chi connectivity index (χ1) is 7.78. The topological polar surface area (TPSA) is 48.3 Å². The summed E-state index contributed by atoms with van der Waals surface area (Å²) in [5, 5.41) is 7.49. The van der Waals surface area contributed by atoms with E-state index in [1.54, 1.807) is 20.4 Å². The van der Waals surface area contributed by atoms with Gasteiger partial charge in [0.2, 0.25) is 0 Å². The van der Waals surface area contributed by atoms with Crippen LogP contribution < -0.4 is 5.32 Å². The summed E-state index contributed by atoms with van der Waals surface area (Å²) in [5.74, 6) is 0. The Morgan fingerprint density at radius 3 is 2.62 bits per heavy atom. The van der Waals surface area contributed by atoms with Gasteiger partial charge < -0.3 is 14.8 Å². The van der Waals surface area contributed by atoms with E-state index in [0.717, 1.165) is 18.7 Å². The van der Waals surface area contributed by atoms with E-state index in [9.17, 15) is 0 Å². The van der Waals surface area contributed by atoms with Crippen LogP contribution in [-0.2, 0) is 16.0 Å². The highest BCUT2D eigenvalue weighted by Crippen LogP contribution is 2.19. The minimum absolute atomic E-state index is 0.0101. The molecule has 0 aliphatic rings. The maximum Gasteiger partial charge on any atom is 0.177 e. The molecule has 1 unspecified atom stereocenters. The SMILES string of the molecule is CCCn1nccc1C(NC)C(OC)OC. The predicted molar refractivity (Wildman–Crippen MR) is 62.1 cm³/mol. The molecule has 0 aliphatic heterocycles. The fourth-order valence-corrected chi connectivity index (χ4v) is 1.80. The molecular formula is C11H21N3O2.